The van der Waals surface area contributed by atoms with Gasteiger partial charge in [-0.2, -0.15) is 0 Å². The predicted octanol–water partition coefficient (Wildman–Crippen LogP) is 3.53. The number of aromatic amines is 1. The molecule has 0 saturated carbocycles. The van der Waals surface area contributed by atoms with Gasteiger partial charge in [-0.1, -0.05) is 42.5 Å². The number of fused-ring (bicyclic) bond motifs is 2. The summed E-state index contributed by atoms with van der Waals surface area (Å²) in [6, 6.07) is 16.5. The minimum atomic E-state index is -0.0398. The Bertz CT molecular complexity index is 884. The van der Waals surface area contributed by atoms with E-state index in [0.717, 1.165) is 18.4 Å². The van der Waals surface area contributed by atoms with Gasteiger partial charge in [0.05, 0.1) is 6.61 Å². The highest BCUT2D eigenvalue weighted by Crippen LogP contribution is 2.26. The highest BCUT2D eigenvalue weighted by molar-refractivity contribution is 5.84. The van der Waals surface area contributed by atoms with Crippen molar-refractivity contribution in [2.45, 2.75) is 25.4 Å². The second-order valence-electron chi connectivity index (χ2n) is 6.47. The van der Waals surface area contributed by atoms with Gasteiger partial charge in [0, 0.05) is 30.1 Å². The number of rotatable bonds is 5. The molecule has 4 rings (SSSR count). The number of H-pyrrole nitrogens is 1. The molecule has 2 N–H and O–H groups in total. The molecule has 1 amide bonds. The number of hydrogen-bond donors (Lipinski definition) is 2. The Kier molecular flexibility index (Phi) is 4.53. The molecule has 128 valence electrons. The van der Waals surface area contributed by atoms with E-state index < -0.39 is 0 Å². The summed E-state index contributed by atoms with van der Waals surface area (Å²) >= 11 is 0. The Balaban J connectivity index is 1.33. The van der Waals surface area contributed by atoms with Gasteiger partial charge >= 0.3 is 0 Å². The maximum atomic E-state index is 12.3. The van der Waals surface area contributed by atoms with E-state index in [1.807, 2.05) is 24.4 Å². The number of aryl methyl sites for hydroxylation is 1. The van der Waals surface area contributed by atoms with E-state index in [1.165, 1.54) is 22.1 Å². The maximum absolute atomic E-state index is 12.3. The molecule has 1 aliphatic heterocycles. The van der Waals surface area contributed by atoms with Crippen LogP contribution in [0.1, 0.15) is 29.2 Å². The molecule has 1 aliphatic rings. The fourth-order valence-corrected chi connectivity index (χ4v) is 3.53. The van der Waals surface area contributed by atoms with Crippen LogP contribution in [0.15, 0.2) is 54.7 Å². The highest BCUT2D eigenvalue weighted by Gasteiger charge is 2.20. The first-order valence-electron chi connectivity index (χ1n) is 8.82. The average molecular weight is 334 g/mol. The van der Waals surface area contributed by atoms with Gasteiger partial charge in [-0.05, 0) is 35.6 Å². The van der Waals surface area contributed by atoms with Crippen molar-refractivity contribution < 1.29 is 9.53 Å². The number of carbonyl (C=O) groups excluding carboxylic acids is 1. The van der Waals surface area contributed by atoms with Crippen LogP contribution in [-0.2, 0) is 22.4 Å². The van der Waals surface area contributed by atoms with Gasteiger partial charge in [-0.3, -0.25) is 4.79 Å². The number of benzene rings is 2. The minimum absolute atomic E-state index is 0.0398. The number of carbonyl (C=O) groups is 1. The number of nitrogens with one attached hydrogen (secondary N) is 2. The van der Waals surface area contributed by atoms with Crippen molar-refractivity contribution in [3.63, 3.8) is 0 Å². The van der Waals surface area contributed by atoms with E-state index in [0.29, 0.717) is 19.6 Å². The molecule has 3 aromatic rings. The molecule has 25 heavy (non-hydrogen) atoms. The summed E-state index contributed by atoms with van der Waals surface area (Å²) < 4.78 is 5.84. The standard InChI is InChI=1S/C21H22N2O2/c24-21(10-9-16-13-22-19-8-4-3-6-17(16)19)23-14-20-18-7-2-1-5-15(18)11-12-25-20/h1-8,13,20,22H,9-12,14H2,(H,23,24)/t20-/m1/s1. The first-order valence-corrected chi connectivity index (χ1v) is 8.82. The number of para-hydroxylation sites is 1. The zero-order valence-electron chi connectivity index (χ0n) is 14.1. The van der Waals surface area contributed by atoms with Crippen molar-refractivity contribution in [1.82, 2.24) is 10.3 Å². The van der Waals surface area contributed by atoms with Gasteiger partial charge in [0.25, 0.3) is 0 Å². The van der Waals surface area contributed by atoms with Gasteiger partial charge in [0.1, 0.15) is 6.10 Å². The molecular formula is C21H22N2O2. The monoisotopic (exact) mass is 334 g/mol. The van der Waals surface area contributed by atoms with Crippen LogP contribution < -0.4 is 5.32 Å². The van der Waals surface area contributed by atoms with Crippen molar-refractivity contribution in [3.05, 3.63) is 71.4 Å². The fraction of sp³-hybridized carbons (Fsp3) is 0.286. The van der Waals surface area contributed by atoms with Crippen LogP contribution in [0.5, 0.6) is 0 Å². The first-order chi connectivity index (χ1) is 12.3. The number of ether oxygens (including phenoxy) is 1. The van der Waals surface area contributed by atoms with Crippen molar-refractivity contribution in [2.75, 3.05) is 13.2 Å². The average Bonchev–Trinajstić information content (AvgIpc) is 3.08. The lowest BCUT2D eigenvalue weighted by Crippen LogP contribution is -2.31. The normalized spacial score (nSPS) is 16.6. The molecule has 0 spiro atoms. The van der Waals surface area contributed by atoms with E-state index in [1.54, 1.807) is 0 Å². The number of amides is 1. The van der Waals surface area contributed by atoms with Crippen molar-refractivity contribution >= 4 is 16.8 Å². The van der Waals surface area contributed by atoms with Crippen LogP contribution in [0.2, 0.25) is 0 Å². The molecule has 4 nitrogen and oxygen atoms in total. The molecule has 0 radical (unpaired) electrons. The van der Waals surface area contributed by atoms with Gasteiger partial charge in [-0.15, -0.1) is 0 Å². The smallest absolute Gasteiger partial charge is 0.220 e. The molecule has 0 unspecified atom stereocenters. The molecule has 0 fully saturated rings. The van der Waals surface area contributed by atoms with Gasteiger partial charge in [0.15, 0.2) is 0 Å². The van der Waals surface area contributed by atoms with Gasteiger partial charge in [0.2, 0.25) is 5.91 Å². The third-order valence-electron chi connectivity index (χ3n) is 4.87. The Hall–Kier alpha value is -2.59. The summed E-state index contributed by atoms with van der Waals surface area (Å²) in [5.41, 5.74) is 4.83. The van der Waals surface area contributed by atoms with Gasteiger partial charge < -0.3 is 15.0 Å². The summed E-state index contributed by atoms with van der Waals surface area (Å²) in [7, 11) is 0. The Morgan fingerprint density at radius 1 is 1.16 bits per heavy atom. The molecule has 4 heteroatoms. The largest absolute Gasteiger partial charge is 0.371 e. The van der Waals surface area contributed by atoms with E-state index in [9.17, 15) is 4.79 Å². The zero-order valence-corrected chi connectivity index (χ0v) is 14.1. The van der Waals surface area contributed by atoms with E-state index in [2.05, 4.69) is 40.6 Å². The first kappa shape index (κ1) is 15.9. The van der Waals surface area contributed by atoms with E-state index in [4.69, 9.17) is 4.74 Å². The maximum Gasteiger partial charge on any atom is 0.220 e. The summed E-state index contributed by atoms with van der Waals surface area (Å²) in [5.74, 6) is 0.0666. The van der Waals surface area contributed by atoms with Crippen LogP contribution in [0.25, 0.3) is 10.9 Å². The van der Waals surface area contributed by atoms with Crippen LogP contribution in [0.3, 0.4) is 0 Å². The molecule has 1 atom stereocenters. The molecule has 0 saturated heterocycles. The SMILES string of the molecule is O=C(CCc1c[nH]c2ccccc12)NC[C@H]1OCCc2ccccc21. The van der Waals surface area contributed by atoms with Gasteiger partial charge in [-0.25, -0.2) is 0 Å². The Morgan fingerprint density at radius 2 is 2.00 bits per heavy atom. The third kappa shape index (κ3) is 3.44. The minimum Gasteiger partial charge on any atom is -0.371 e. The van der Waals surface area contributed by atoms with Crippen molar-refractivity contribution in [2.24, 2.45) is 0 Å². The van der Waals surface area contributed by atoms with Crippen LogP contribution in [0, 0.1) is 0 Å². The second kappa shape index (κ2) is 7.11. The van der Waals surface area contributed by atoms with Crippen LogP contribution >= 0.6 is 0 Å². The molecule has 0 aliphatic carbocycles. The Labute approximate surface area is 147 Å². The van der Waals surface area contributed by atoms with Crippen molar-refractivity contribution in [3.8, 4) is 0 Å². The fourth-order valence-electron chi connectivity index (χ4n) is 3.53. The third-order valence-corrected chi connectivity index (χ3v) is 4.87. The number of hydrogen-bond acceptors (Lipinski definition) is 2. The highest BCUT2D eigenvalue weighted by atomic mass is 16.5. The second-order valence-corrected chi connectivity index (χ2v) is 6.47. The molecule has 0 bridgehead atoms. The quantitative estimate of drug-likeness (QED) is 0.750. The Morgan fingerprint density at radius 3 is 2.96 bits per heavy atom. The van der Waals surface area contributed by atoms with Crippen LogP contribution in [-0.4, -0.2) is 24.0 Å². The lowest BCUT2D eigenvalue weighted by atomic mass is 9.97. The van der Waals surface area contributed by atoms with E-state index >= 15 is 0 Å². The lowest BCUT2D eigenvalue weighted by molar-refractivity contribution is -0.121. The van der Waals surface area contributed by atoms with E-state index in [-0.39, 0.29) is 12.0 Å². The molecule has 2 heterocycles. The predicted molar refractivity (Wildman–Crippen MR) is 98.5 cm³/mol. The van der Waals surface area contributed by atoms with Crippen LogP contribution in [0.4, 0.5) is 0 Å². The molecular weight excluding hydrogens is 312 g/mol. The summed E-state index contributed by atoms with van der Waals surface area (Å²) in [5, 5.41) is 4.22. The lowest BCUT2D eigenvalue weighted by Gasteiger charge is -2.26. The topological polar surface area (TPSA) is 54.1 Å². The molecule has 1 aromatic heterocycles. The number of aromatic nitrogens is 1. The zero-order chi connectivity index (χ0) is 17.1. The summed E-state index contributed by atoms with van der Waals surface area (Å²) in [6.07, 6.45) is 4.12. The summed E-state index contributed by atoms with van der Waals surface area (Å²) in [4.78, 5) is 15.5. The van der Waals surface area contributed by atoms with Crippen molar-refractivity contribution in [1.29, 1.82) is 0 Å². The molecule has 2 aromatic carbocycles. The summed E-state index contributed by atoms with van der Waals surface area (Å²) in [6.45, 7) is 1.25.